The van der Waals surface area contributed by atoms with Crippen molar-refractivity contribution in [1.29, 1.82) is 0 Å². The molecule has 0 aliphatic carbocycles. The van der Waals surface area contributed by atoms with Gasteiger partial charge in [-0.1, -0.05) is 26.2 Å². The van der Waals surface area contributed by atoms with Crippen LogP contribution in [0.25, 0.3) is 0 Å². The molecule has 2 nitrogen and oxygen atoms in total. The summed E-state index contributed by atoms with van der Waals surface area (Å²) in [6.45, 7) is 9.82. The highest BCUT2D eigenvalue weighted by molar-refractivity contribution is 5.75. The molecule has 0 bridgehead atoms. The Morgan fingerprint density at radius 3 is 2.20 bits per heavy atom. The standard InChI is InChI=1S/C18H32O2/c1-6-7-8-9-10-11-12-13-14-15-16(2)20-17(19)18(3,4)5/h16H,6-10,13-15H2,1-5H3. The van der Waals surface area contributed by atoms with Crippen molar-refractivity contribution in [3.8, 4) is 11.8 Å². The first kappa shape index (κ1) is 19.0. The van der Waals surface area contributed by atoms with Crippen LogP contribution >= 0.6 is 0 Å². The van der Waals surface area contributed by atoms with E-state index in [1.807, 2.05) is 27.7 Å². The van der Waals surface area contributed by atoms with Gasteiger partial charge in [0.25, 0.3) is 0 Å². The Morgan fingerprint density at radius 2 is 1.65 bits per heavy atom. The SMILES string of the molecule is CCCCCCC#CCCCC(C)OC(=O)C(C)(C)C. The number of unbranched alkanes of at least 4 members (excludes halogenated alkanes) is 5. The summed E-state index contributed by atoms with van der Waals surface area (Å²) < 4.78 is 5.40. The van der Waals surface area contributed by atoms with Crippen LogP contribution in [-0.2, 0) is 9.53 Å². The zero-order valence-corrected chi connectivity index (χ0v) is 14.1. The van der Waals surface area contributed by atoms with E-state index >= 15 is 0 Å². The Morgan fingerprint density at radius 1 is 1.05 bits per heavy atom. The number of carbonyl (C=O) groups is 1. The fraction of sp³-hybridized carbons (Fsp3) is 0.833. The van der Waals surface area contributed by atoms with Crippen LogP contribution in [0.4, 0.5) is 0 Å². The van der Waals surface area contributed by atoms with Crippen LogP contribution in [0, 0.1) is 17.3 Å². The van der Waals surface area contributed by atoms with E-state index in [0.29, 0.717) is 0 Å². The van der Waals surface area contributed by atoms with Gasteiger partial charge in [0.2, 0.25) is 0 Å². The van der Waals surface area contributed by atoms with Gasteiger partial charge in [-0.05, 0) is 47.0 Å². The van der Waals surface area contributed by atoms with Gasteiger partial charge < -0.3 is 4.74 Å². The topological polar surface area (TPSA) is 26.3 Å². The molecule has 0 aromatic carbocycles. The third-order valence-electron chi connectivity index (χ3n) is 3.11. The highest BCUT2D eigenvalue weighted by Gasteiger charge is 2.24. The van der Waals surface area contributed by atoms with Crippen molar-refractivity contribution < 1.29 is 9.53 Å². The maximum atomic E-state index is 11.7. The van der Waals surface area contributed by atoms with Crippen molar-refractivity contribution in [2.45, 2.75) is 92.1 Å². The predicted octanol–water partition coefficient (Wildman–Crippen LogP) is 5.11. The molecule has 116 valence electrons. The van der Waals surface area contributed by atoms with E-state index in [9.17, 15) is 4.79 Å². The number of carbonyl (C=O) groups excluding carboxylic acids is 1. The Bertz CT molecular complexity index is 315. The Hall–Kier alpha value is -0.970. The third kappa shape index (κ3) is 10.9. The molecular weight excluding hydrogens is 248 g/mol. The summed E-state index contributed by atoms with van der Waals surface area (Å²) in [7, 11) is 0. The van der Waals surface area contributed by atoms with Crippen LogP contribution in [-0.4, -0.2) is 12.1 Å². The number of esters is 1. The first-order valence-corrected chi connectivity index (χ1v) is 8.04. The molecule has 0 N–H and O–H groups in total. The summed E-state index contributed by atoms with van der Waals surface area (Å²) in [4.78, 5) is 11.7. The molecule has 0 rings (SSSR count). The second-order valence-corrected chi connectivity index (χ2v) is 6.52. The highest BCUT2D eigenvalue weighted by atomic mass is 16.5. The van der Waals surface area contributed by atoms with Crippen LogP contribution in [0.15, 0.2) is 0 Å². The van der Waals surface area contributed by atoms with Crippen molar-refractivity contribution in [1.82, 2.24) is 0 Å². The molecule has 0 spiro atoms. The molecule has 2 heteroatoms. The lowest BCUT2D eigenvalue weighted by atomic mass is 9.97. The zero-order chi connectivity index (χ0) is 15.4. The summed E-state index contributed by atoms with van der Waals surface area (Å²) in [6.07, 6.45) is 8.93. The minimum Gasteiger partial charge on any atom is -0.462 e. The number of hydrogen-bond acceptors (Lipinski definition) is 2. The minimum absolute atomic E-state index is 0.00641. The van der Waals surface area contributed by atoms with Crippen LogP contribution in [0.2, 0.25) is 0 Å². The number of hydrogen-bond donors (Lipinski definition) is 0. The average Bonchev–Trinajstić information content (AvgIpc) is 2.35. The van der Waals surface area contributed by atoms with E-state index in [4.69, 9.17) is 4.74 Å². The monoisotopic (exact) mass is 280 g/mol. The molecule has 0 radical (unpaired) electrons. The smallest absolute Gasteiger partial charge is 0.311 e. The van der Waals surface area contributed by atoms with Gasteiger partial charge in [0.05, 0.1) is 11.5 Å². The second-order valence-electron chi connectivity index (χ2n) is 6.52. The van der Waals surface area contributed by atoms with Crippen LogP contribution in [0.3, 0.4) is 0 Å². The molecular formula is C18H32O2. The molecule has 0 saturated heterocycles. The largest absolute Gasteiger partial charge is 0.462 e. The van der Waals surface area contributed by atoms with Crippen LogP contribution in [0.5, 0.6) is 0 Å². The van der Waals surface area contributed by atoms with E-state index in [0.717, 1.165) is 25.7 Å². The van der Waals surface area contributed by atoms with Crippen molar-refractivity contribution in [2.75, 3.05) is 0 Å². The molecule has 0 amide bonds. The minimum atomic E-state index is -0.410. The Kier molecular flexibility index (Phi) is 10.3. The zero-order valence-electron chi connectivity index (χ0n) is 14.1. The normalized spacial score (nSPS) is 12.4. The summed E-state index contributed by atoms with van der Waals surface area (Å²) >= 11 is 0. The van der Waals surface area contributed by atoms with Crippen molar-refractivity contribution in [2.24, 2.45) is 5.41 Å². The molecule has 0 aliphatic heterocycles. The van der Waals surface area contributed by atoms with E-state index in [1.54, 1.807) is 0 Å². The highest BCUT2D eigenvalue weighted by Crippen LogP contribution is 2.17. The fourth-order valence-corrected chi connectivity index (χ4v) is 1.71. The van der Waals surface area contributed by atoms with Gasteiger partial charge in [-0.25, -0.2) is 0 Å². The molecule has 0 heterocycles. The molecule has 0 saturated carbocycles. The van der Waals surface area contributed by atoms with Gasteiger partial charge in [-0.15, -0.1) is 11.8 Å². The van der Waals surface area contributed by atoms with E-state index in [-0.39, 0.29) is 12.1 Å². The van der Waals surface area contributed by atoms with E-state index in [1.165, 1.54) is 25.7 Å². The van der Waals surface area contributed by atoms with Crippen LogP contribution in [0.1, 0.15) is 86.0 Å². The average molecular weight is 280 g/mol. The molecule has 1 atom stereocenters. The summed E-state index contributed by atoms with van der Waals surface area (Å²) in [5.41, 5.74) is -0.410. The molecule has 0 aliphatic rings. The second kappa shape index (κ2) is 10.8. The molecule has 0 fully saturated rings. The quantitative estimate of drug-likeness (QED) is 0.351. The lowest BCUT2D eigenvalue weighted by Gasteiger charge is -2.20. The fourth-order valence-electron chi connectivity index (χ4n) is 1.71. The van der Waals surface area contributed by atoms with Crippen molar-refractivity contribution in [3.63, 3.8) is 0 Å². The maximum Gasteiger partial charge on any atom is 0.311 e. The molecule has 1 unspecified atom stereocenters. The predicted molar refractivity (Wildman–Crippen MR) is 85.4 cm³/mol. The lowest BCUT2D eigenvalue weighted by Crippen LogP contribution is -2.26. The number of rotatable bonds is 8. The first-order chi connectivity index (χ1) is 9.38. The Labute approximate surface area is 125 Å². The van der Waals surface area contributed by atoms with Gasteiger partial charge in [0.15, 0.2) is 0 Å². The van der Waals surface area contributed by atoms with Gasteiger partial charge >= 0.3 is 5.97 Å². The van der Waals surface area contributed by atoms with E-state index in [2.05, 4.69) is 18.8 Å². The van der Waals surface area contributed by atoms with Gasteiger partial charge in [-0.2, -0.15) is 0 Å². The van der Waals surface area contributed by atoms with Crippen molar-refractivity contribution in [3.05, 3.63) is 0 Å². The Balaban J connectivity index is 3.60. The maximum absolute atomic E-state index is 11.7. The first-order valence-electron chi connectivity index (χ1n) is 8.04. The van der Waals surface area contributed by atoms with Gasteiger partial charge in [0.1, 0.15) is 0 Å². The van der Waals surface area contributed by atoms with Gasteiger partial charge in [0, 0.05) is 12.8 Å². The molecule has 20 heavy (non-hydrogen) atoms. The third-order valence-corrected chi connectivity index (χ3v) is 3.11. The lowest BCUT2D eigenvalue weighted by molar-refractivity contribution is -0.158. The van der Waals surface area contributed by atoms with Crippen LogP contribution < -0.4 is 0 Å². The number of ether oxygens (including phenoxy) is 1. The van der Waals surface area contributed by atoms with E-state index < -0.39 is 5.41 Å². The summed E-state index contributed by atoms with van der Waals surface area (Å²) in [5, 5.41) is 0. The summed E-state index contributed by atoms with van der Waals surface area (Å²) in [6, 6.07) is 0. The summed E-state index contributed by atoms with van der Waals surface area (Å²) in [5.74, 6) is 6.32. The molecule has 0 aromatic heterocycles. The van der Waals surface area contributed by atoms with Gasteiger partial charge in [-0.3, -0.25) is 4.79 Å². The van der Waals surface area contributed by atoms with Crippen molar-refractivity contribution >= 4 is 5.97 Å². The molecule has 0 aromatic rings.